The molecule has 1 saturated heterocycles. The average Bonchev–Trinajstić information content (AvgIpc) is 2.95. The molecular formula is C19H20ClN3O2S. The molecule has 136 valence electrons. The van der Waals surface area contributed by atoms with Crippen LogP contribution in [0.4, 0.5) is 4.79 Å². The highest BCUT2D eigenvalue weighted by Crippen LogP contribution is 2.30. The number of nitrogens with zero attached hydrogens (tertiary/aromatic N) is 2. The molecule has 7 heteroatoms. The summed E-state index contributed by atoms with van der Waals surface area (Å²) < 4.78 is 0. The minimum atomic E-state index is -0.429. The van der Waals surface area contributed by atoms with Crippen molar-refractivity contribution in [3.8, 4) is 10.4 Å². The SMILES string of the molecule is NC(=O)N1CCCN(C(=O)/C=C/c2ccc(-c3cccc(Cl)c3)s2)CC1. The lowest BCUT2D eigenvalue weighted by Crippen LogP contribution is -2.39. The molecule has 0 spiro atoms. The molecule has 1 aliphatic heterocycles. The first-order valence-electron chi connectivity index (χ1n) is 8.40. The van der Waals surface area contributed by atoms with Gasteiger partial charge in [-0.25, -0.2) is 4.79 Å². The van der Waals surface area contributed by atoms with Gasteiger partial charge in [-0.2, -0.15) is 0 Å². The van der Waals surface area contributed by atoms with E-state index >= 15 is 0 Å². The quantitative estimate of drug-likeness (QED) is 0.813. The monoisotopic (exact) mass is 389 g/mol. The molecule has 1 aromatic heterocycles. The molecule has 0 radical (unpaired) electrons. The Labute approximate surface area is 161 Å². The third-order valence-electron chi connectivity index (χ3n) is 4.25. The standard InChI is InChI=1S/C19H20ClN3O2S/c20-15-4-1-3-14(13-15)17-7-5-16(26-17)6-8-18(24)22-9-2-10-23(12-11-22)19(21)25/h1,3-8,13H,2,9-12H2,(H2,21,25)/b8-6+. The average molecular weight is 390 g/mol. The molecule has 3 amide bonds. The van der Waals surface area contributed by atoms with Crippen LogP contribution >= 0.6 is 22.9 Å². The summed E-state index contributed by atoms with van der Waals surface area (Å²) in [5, 5.41) is 0.703. The smallest absolute Gasteiger partial charge is 0.314 e. The molecule has 1 aromatic carbocycles. The Bertz CT molecular complexity index is 834. The van der Waals surface area contributed by atoms with Crippen molar-refractivity contribution in [2.75, 3.05) is 26.2 Å². The molecule has 2 aromatic rings. The van der Waals surface area contributed by atoms with Gasteiger partial charge >= 0.3 is 6.03 Å². The second-order valence-corrected chi connectivity index (χ2v) is 7.60. The van der Waals surface area contributed by atoms with E-state index in [0.29, 0.717) is 31.2 Å². The molecule has 26 heavy (non-hydrogen) atoms. The number of urea groups is 1. The van der Waals surface area contributed by atoms with Crippen LogP contribution in [0.25, 0.3) is 16.5 Å². The van der Waals surface area contributed by atoms with Gasteiger partial charge in [0, 0.05) is 47.0 Å². The summed E-state index contributed by atoms with van der Waals surface area (Å²) in [6, 6.07) is 11.3. The van der Waals surface area contributed by atoms with E-state index in [4.69, 9.17) is 17.3 Å². The van der Waals surface area contributed by atoms with Crippen LogP contribution in [0, 0.1) is 0 Å². The van der Waals surface area contributed by atoms with E-state index in [2.05, 4.69) is 0 Å². The van der Waals surface area contributed by atoms with E-state index in [1.54, 1.807) is 27.2 Å². The first-order valence-corrected chi connectivity index (χ1v) is 9.59. The van der Waals surface area contributed by atoms with Crippen molar-refractivity contribution < 1.29 is 9.59 Å². The molecule has 5 nitrogen and oxygen atoms in total. The highest BCUT2D eigenvalue weighted by Gasteiger charge is 2.19. The fraction of sp³-hybridized carbons (Fsp3) is 0.263. The molecule has 2 N–H and O–H groups in total. The van der Waals surface area contributed by atoms with Crippen LogP contribution in [0.1, 0.15) is 11.3 Å². The fourth-order valence-electron chi connectivity index (χ4n) is 2.86. The summed E-state index contributed by atoms with van der Waals surface area (Å²) in [7, 11) is 0. The van der Waals surface area contributed by atoms with Gasteiger partial charge in [-0.3, -0.25) is 4.79 Å². The van der Waals surface area contributed by atoms with E-state index in [-0.39, 0.29) is 5.91 Å². The third kappa shape index (κ3) is 4.65. The topological polar surface area (TPSA) is 66.6 Å². The highest BCUT2D eigenvalue weighted by molar-refractivity contribution is 7.16. The number of nitrogens with two attached hydrogens (primary N) is 1. The Balaban J connectivity index is 1.63. The van der Waals surface area contributed by atoms with Crippen LogP contribution in [0.2, 0.25) is 5.02 Å². The third-order valence-corrected chi connectivity index (χ3v) is 5.58. The highest BCUT2D eigenvalue weighted by atomic mass is 35.5. The Morgan fingerprint density at radius 1 is 1.08 bits per heavy atom. The molecule has 0 bridgehead atoms. The Kier molecular flexibility index (Phi) is 5.96. The van der Waals surface area contributed by atoms with E-state index in [1.807, 2.05) is 42.5 Å². The molecule has 3 rings (SSSR count). The van der Waals surface area contributed by atoms with Crippen molar-refractivity contribution in [1.29, 1.82) is 0 Å². The van der Waals surface area contributed by atoms with Gasteiger partial charge in [0.15, 0.2) is 0 Å². The summed E-state index contributed by atoms with van der Waals surface area (Å²) in [6.45, 7) is 2.21. The van der Waals surface area contributed by atoms with E-state index < -0.39 is 6.03 Å². The molecule has 1 fully saturated rings. The molecule has 0 aliphatic carbocycles. The lowest BCUT2D eigenvalue weighted by Gasteiger charge is -2.19. The van der Waals surface area contributed by atoms with Gasteiger partial charge in [0.05, 0.1) is 0 Å². The zero-order valence-corrected chi connectivity index (χ0v) is 15.8. The normalized spacial score (nSPS) is 15.3. The number of thiophene rings is 1. The minimum Gasteiger partial charge on any atom is -0.351 e. The second-order valence-electron chi connectivity index (χ2n) is 6.05. The predicted octanol–water partition coefficient (Wildman–Crippen LogP) is 3.69. The summed E-state index contributed by atoms with van der Waals surface area (Å²) >= 11 is 7.65. The first kappa shape index (κ1) is 18.5. The lowest BCUT2D eigenvalue weighted by molar-refractivity contribution is -0.125. The number of amides is 3. The van der Waals surface area contributed by atoms with E-state index in [1.165, 1.54) is 0 Å². The number of benzene rings is 1. The van der Waals surface area contributed by atoms with E-state index in [9.17, 15) is 9.59 Å². The van der Waals surface area contributed by atoms with Gasteiger partial charge < -0.3 is 15.5 Å². The lowest BCUT2D eigenvalue weighted by atomic mass is 10.2. The zero-order chi connectivity index (χ0) is 18.5. The molecule has 0 atom stereocenters. The van der Waals surface area contributed by atoms with Gasteiger partial charge in [0.25, 0.3) is 0 Å². The van der Waals surface area contributed by atoms with Crippen LogP contribution in [-0.2, 0) is 4.79 Å². The Hall–Kier alpha value is -2.31. The van der Waals surface area contributed by atoms with Gasteiger partial charge in [-0.05, 0) is 42.3 Å². The number of primary amides is 1. The number of halogens is 1. The van der Waals surface area contributed by atoms with Crippen molar-refractivity contribution in [1.82, 2.24) is 9.80 Å². The predicted molar refractivity (Wildman–Crippen MR) is 106 cm³/mol. The van der Waals surface area contributed by atoms with Crippen molar-refractivity contribution in [3.63, 3.8) is 0 Å². The van der Waals surface area contributed by atoms with Gasteiger partial charge in [-0.1, -0.05) is 23.7 Å². The van der Waals surface area contributed by atoms with Crippen LogP contribution in [-0.4, -0.2) is 47.9 Å². The molecular weight excluding hydrogens is 370 g/mol. The maximum atomic E-state index is 12.4. The van der Waals surface area contributed by atoms with Crippen LogP contribution in [0.5, 0.6) is 0 Å². The van der Waals surface area contributed by atoms with Crippen LogP contribution < -0.4 is 5.73 Å². The zero-order valence-electron chi connectivity index (χ0n) is 14.2. The first-order chi connectivity index (χ1) is 12.5. The molecule has 2 heterocycles. The number of carbonyl (C=O) groups excluding carboxylic acids is 2. The van der Waals surface area contributed by atoms with Crippen molar-refractivity contribution in [2.24, 2.45) is 5.73 Å². The van der Waals surface area contributed by atoms with E-state index in [0.717, 1.165) is 21.7 Å². The number of hydrogen-bond acceptors (Lipinski definition) is 3. The van der Waals surface area contributed by atoms with Crippen molar-refractivity contribution in [2.45, 2.75) is 6.42 Å². The maximum absolute atomic E-state index is 12.4. The van der Waals surface area contributed by atoms with Crippen LogP contribution in [0.15, 0.2) is 42.5 Å². The fourth-order valence-corrected chi connectivity index (χ4v) is 3.95. The van der Waals surface area contributed by atoms with Gasteiger partial charge in [-0.15, -0.1) is 11.3 Å². The molecule has 0 unspecified atom stereocenters. The second kappa shape index (κ2) is 8.38. The van der Waals surface area contributed by atoms with Crippen LogP contribution in [0.3, 0.4) is 0 Å². The summed E-state index contributed by atoms with van der Waals surface area (Å²) in [5.74, 6) is -0.0472. The Morgan fingerprint density at radius 2 is 1.85 bits per heavy atom. The summed E-state index contributed by atoms with van der Waals surface area (Å²) in [6.07, 6.45) is 4.16. The van der Waals surface area contributed by atoms with Gasteiger partial charge in [0.1, 0.15) is 0 Å². The van der Waals surface area contributed by atoms with Gasteiger partial charge in [0.2, 0.25) is 5.91 Å². The molecule has 0 saturated carbocycles. The van der Waals surface area contributed by atoms with Crippen molar-refractivity contribution in [3.05, 3.63) is 52.4 Å². The summed E-state index contributed by atoms with van der Waals surface area (Å²) in [4.78, 5) is 29.1. The van der Waals surface area contributed by atoms with Crippen molar-refractivity contribution >= 4 is 41.0 Å². The Morgan fingerprint density at radius 3 is 2.62 bits per heavy atom. The minimum absolute atomic E-state index is 0.0472. The number of hydrogen-bond donors (Lipinski definition) is 1. The maximum Gasteiger partial charge on any atom is 0.314 e. The molecule has 1 aliphatic rings. The number of carbonyl (C=O) groups is 2. The largest absolute Gasteiger partial charge is 0.351 e. The summed E-state index contributed by atoms with van der Waals surface area (Å²) in [5.41, 5.74) is 6.38. The number of rotatable bonds is 3.